The monoisotopic (exact) mass is 466 g/mol. The largest absolute Gasteiger partial charge is 0.354 e. The molecule has 0 bridgehead atoms. The summed E-state index contributed by atoms with van der Waals surface area (Å²) in [6, 6.07) is 13.1. The van der Waals surface area contributed by atoms with E-state index in [0.717, 1.165) is 27.9 Å². The number of hydrogen-bond donors (Lipinski definition) is 1. The third-order valence-electron chi connectivity index (χ3n) is 4.40. The smallest absolute Gasteiger partial charge is 0.293 e. The number of rotatable bonds is 8. The molecule has 3 heterocycles. The topological polar surface area (TPSA) is 110 Å². The number of thioether (sulfide) groups is 2. The Morgan fingerprint density at radius 3 is 2.78 bits per heavy atom. The molecule has 1 fully saturated rings. The van der Waals surface area contributed by atoms with Crippen molar-refractivity contribution in [3.8, 4) is 5.69 Å². The van der Waals surface area contributed by atoms with Gasteiger partial charge in [-0.05, 0) is 41.6 Å². The van der Waals surface area contributed by atoms with Gasteiger partial charge in [0, 0.05) is 31.2 Å². The quantitative estimate of drug-likeness (QED) is 0.399. The Hall–Kier alpha value is -3.44. The van der Waals surface area contributed by atoms with Gasteiger partial charge < -0.3 is 5.32 Å². The van der Waals surface area contributed by atoms with E-state index in [1.807, 2.05) is 30.3 Å². The van der Waals surface area contributed by atoms with Crippen LogP contribution in [0.15, 0.2) is 71.2 Å². The molecule has 0 unspecified atom stereocenters. The van der Waals surface area contributed by atoms with Gasteiger partial charge in [-0.3, -0.25) is 28.8 Å². The van der Waals surface area contributed by atoms with Crippen LogP contribution in [-0.2, 0) is 9.59 Å². The van der Waals surface area contributed by atoms with Gasteiger partial charge in [-0.15, -0.1) is 10.2 Å². The van der Waals surface area contributed by atoms with Gasteiger partial charge in [0.05, 0.1) is 10.7 Å². The van der Waals surface area contributed by atoms with Crippen molar-refractivity contribution in [2.75, 3.05) is 18.8 Å². The van der Waals surface area contributed by atoms with Crippen molar-refractivity contribution >= 4 is 46.7 Å². The van der Waals surface area contributed by atoms with Crippen molar-refractivity contribution in [2.45, 2.75) is 5.16 Å². The summed E-state index contributed by atoms with van der Waals surface area (Å²) in [6.45, 7) is 0.272. The van der Waals surface area contributed by atoms with Crippen molar-refractivity contribution in [3.05, 3.63) is 71.7 Å². The van der Waals surface area contributed by atoms with Gasteiger partial charge in [0.1, 0.15) is 6.33 Å². The van der Waals surface area contributed by atoms with Crippen LogP contribution in [0.4, 0.5) is 4.79 Å². The van der Waals surface area contributed by atoms with E-state index in [-0.39, 0.29) is 35.9 Å². The predicted molar refractivity (Wildman–Crippen MR) is 122 cm³/mol. The molecule has 0 radical (unpaired) electrons. The standard InChI is InChI=1S/C21H18N6O3S2/c28-18(13-31-20-25-24-14-27(20)16-6-2-1-3-7-16)23-9-10-26-19(29)17(32-21(26)30)11-15-5-4-8-22-12-15/h1-8,11-12,14H,9-10,13H2,(H,23,28)/b17-11+. The molecule has 0 atom stereocenters. The summed E-state index contributed by atoms with van der Waals surface area (Å²) in [4.78, 5) is 42.4. The molecule has 0 spiro atoms. The van der Waals surface area contributed by atoms with Crippen LogP contribution >= 0.6 is 23.5 Å². The van der Waals surface area contributed by atoms with Crippen molar-refractivity contribution in [2.24, 2.45) is 0 Å². The molecule has 4 rings (SSSR count). The molecular weight excluding hydrogens is 448 g/mol. The van der Waals surface area contributed by atoms with Gasteiger partial charge in [0.2, 0.25) is 5.91 Å². The summed E-state index contributed by atoms with van der Waals surface area (Å²) >= 11 is 2.13. The lowest BCUT2D eigenvalue weighted by Crippen LogP contribution is -2.37. The zero-order chi connectivity index (χ0) is 22.3. The van der Waals surface area contributed by atoms with Crippen LogP contribution in [0, 0.1) is 0 Å². The normalized spacial score (nSPS) is 14.9. The van der Waals surface area contributed by atoms with Gasteiger partial charge in [0.25, 0.3) is 11.1 Å². The summed E-state index contributed by atoms with van der Waals surface area (Å²) in [5, 5.41) is 10.9. The molecule has 11 heteroatoms. The predicted octanol–water partition coefficient (Wildman–Crippen LogP) is 2.61. The first kappa shape index (κ1) is 21.8. The maximum atomic E-state index is 12.5. The van der Waals surface area contributed by atoms with Crippen LogP contribution in [0.2, 0.25) is 0 Å². The second-order valence-corrected chi connectivity index (χ2v) is 8.51. The minimum absolute atomic E-state index is 0.103. The highest BCUT2D eigenvalue weighted by Gasteiger charge is 2.34. The van der Waals surface area contributed by atoms with Crippen LogP contribution in [0.3, 0.4) is 0 Å². The molecule has 0 saturated carbocycles. The van der Waals surface area contributed by atoms with Crippen LogP contribution in [0.1, 0.15) is 5.56 Å². The fourth-order valence-electron chi connectivity index (χ4n) is 2.88. The van der Waals surface area contributed by atoms with Gasteiger partial charge in [0.15, 0.2) is 5.16 Å². The first-order valence-electron chi connectivity index (χ1n) is 9.62. The van der Waals surface area contributed by atoms with Crippen LogP contribution in [0.25, 0.3) is 11.8 Å². The number of benzene rings is 1. The molecule has 3 aromatic rings. The maximum Gasteiger partial charge on any atom is 0.293 e. The number of imide groups is 1. The average Bonchev–Trinajstić information content (AvgIpc) is 3.39. The third kappa shape index (κ3) is 5.24. The van der Waals surface area contributed by atoms with Crippen molar-refractivity contribution in [1.29, 1.82) is 0 Å². The van der Waals surface area contributed by atoms with Gasteiger partial charge >= 0.3 is 0 Å². The minimum Gasteiger partial charge on any atom is -0.354 e. The van der Waals surface area contributed by atoms with E-state index in [2.05, 4.69) is 20.5 Å². The van der Waals surface area contributed by atoms with E-state index in [0.29, 0.717) is 10.1 Å². The number of pyridine rings is 1. The van der Waals surface area contributed by atoms with Crippen molar-refractivity contribution < 1.29 is 14.4 Å². The van der Waals surface area contributed by atoms with Crippen molar-refractivity contribution in [3.63, 3.8) is 0 Å². The van der Waals surface area contributed by atoms with E-state index >= 15 is 0 Å². The molecule has 1 aliphatic heterocycles. The molecule has 3 amide bonds. The van der Waals surface area contributed by atoms with Crippen LogP contribution in [0.5, 0.6) is 0 Å². The van der Waals surface area contributed by atoms with Gasteiger partial charge in [-0.2, -0.15) is 0 Å². The molecule has 1 aliphatic rings. The number of nitrogens with zero attached hydrogens (tertiary/aromatic N) is 5. The number of nitrogens with one attached hydrogen (secondary N) is 1. The molecule has 1 saturated heterocycles. The van der Waals surface area contributed by atoms with E-state index in [9.17, 15) is 14.4 Å². The Morgan fingerprint density at radius 1 is 1.16 bits per heavy atom. The zero-order valence-electron chi connectivity index (χ0n) is 16.7. The number of carbonyl (C=O) groups is 3. The maximum absolute atomic E-state index is 12.5. The Morgan fingerprint density at radius 2 is 2.00 bits per heavy atom. The molecule has 32 heavy (non-hydrogen) atoms. The second-order valence-electron chi connectivity index (χ2n) is 6.58. The lowest BCUT2D eigenvalue weighted by Gasteiger charge is -2.13. The summed E-state index contributed by atoms with van der Waals surface area (Å²) in [5.41, 5.74) is 1.64. The summed E-state index contributed by atoms with van der Waals surface area (Å²) in [5.74, 6) is -0.465. The molecule has 1 N–H and O–H groups in total. The second kappa shape index (κ2) is 10.2. The minimum atomic E-state index is -0.372. The molecular formula is C21H18N6O3S2. The average molecular weight is 467 g/mol. The van der Waals surface area contributed by atoms with Gasteiger partial charge in [-0.1, -0.05) is 36.0 Å². The van der Waals surface area contributed by atoms with E-state index in [1.165, 1.54) is 11.8 Å². The van der Waals surface area contributed by atoms with Crippen LogP contribution < -0.4 is 5.32 Å². The summed E-state index contributed by atoms with van der Waals surface area (Å²) in [7, 11) is 0. The van der Waals surface area contributed by atoms with Crippen molar-refractivity contribution in [1.82, 2.24) is 30.0 Å². The number of aromatic nitrogens is 4. The fourth-order valence-corrected chi connectivity index (χ4v) is 4.51. The Kier molecular flexibility index (Phi) is 6.97. The Bertz CT molecular complexity index is 1150. The molecule has 9 nitrogen and oxygen atoms in total. The first-order chi connectivity index (χ1) is 15.6. The molecule has 0 aliphatic carbocycles. The van der Waals surface area contributed by atoms with E-state index < -0.39 is 0 Å². The zero-order valence-corrected chi connectivity index (χ0v) is 18.4. The fraction of sp³-hybridized carbons (Fsp3) is 0.143. The SMILES string of the molecule is O=C(CSc1nncn1-c1ccccc1)NCCN1C(=O)S/C(=C/c2cccnc2)C1=O. The molecule has 1 aromatic carbocycles. The number of hydrogen-bond acceptors (Lipinski definition) is 8. The summed E-state index contributed by atoms with van der Waals surface area (Å²) in [6.07, 6.45) is 6.48. The lowest BCUT2D eigenvalue weighted by atomic mass is 10.2. The third-order valence-corrected chi connectivity index (χ3v) is 6.25. The number of carbonyl (C=O) groups excluding carboxylic acids is 3. The lowest BCUT2D eigenvalue weighted by molar-refractivity contribution is -0.123. The molecule has 2 aromatic heterocycles. The number of para-hydroxylation sites is 1. The summed E-state index contributed by atoms with van der Waals surface area (Å²) < 4.78 is 1.80. The molecule has 162 valence electrons. The van der Waals surface area contributed by atoms with E-state index in [1.54, 1.807) is 41.5 Å². The highest BCUT2D eigenvalue weighted by atomic mass is 32.2. The van der Waals surface area contributed by atoms with Gasteiger partial charge in [-0.25, -0.2) is 0 Å². The highest BCUT2D eigenvalue weighted by molar-refractivity contribution is 8.18. The highest BCUT2D eigenvalue weighted by Crippen LogP contribution is 2.31. The first-order valence-corrected chi connectivity index (χ1v) is 11.4. The Labute approximate surface area is 192 Å². The number of amides is 3. The van der Waals surface area contributed by atoms with Crippen LogP contribution in [-0.4, -0.2) is 60.5 Å². The Balaban J connectivity index is 1.26. The van der Waals surface area contributed by atoms with E-state index in [4.69, 9.17) is 0 Å².